The van der Waals surface area contributed by atoms with Gasteiger partial charge in [0, 0.05) is 23.8 Å². The van der Waals surface area contributed by atoms with Gasteiger partial charge >= 0.3 is 0 Å². The zero-order chi connectivity index (χ0) is 9.64. The number of rotatable bonds is 3. The maximum Gasteiger partial charge on any atom is 0.116 e. The largest absolute Gasteiger partial charge is 0.324 e. The van der Waals surface area contributed by atoms with Crippen molar-refractivity contribution in [1.82, 2.24) is 4.98 Å². The van der Waals surface area contributed by atoms with Gasteiger partial charge in [0.1, 0.15) is 5.03 Å². The Hall–Kier alpha value is -1.48. The van der Waals surface area contributed by atoms with E-state index in [4.69, 9.17) is 0 Å². The molecule has 0 amide bonds. The number of anilines is 1. The highest BCUT2D eigenvalue weighted by molar-refractivity contribution is 8.00. The SMILES string of the molecule is c1ccc(NSc2ccccn2)cc1. The molecule has 2 aromatic rings. The normalized spacial score (nSPS) is 9.71. The van der Waals surface area contributed by atoms with Crippen LogP contribution in [0.2, 0.25) is 0 Å². The molecule has 3 heteroatoms. The summed E-state index contributed by atoms with van der Waals surface area (Å²) in [4.78, 5) is 4.19. The van der Waals surface area contributed by atoms with Gasteiger partial charge in [0.15, 0.2) is 0 Å². The van der Waals surface area contributed by atoms with Crippen LogP contribution < -0.4 is 4.72 Å². The first-order valence-corrected chi connectivity index (χ1v) is 5.16. The van der Waals surface area contributed by atoms with Crippen LogP contribution in [0.15, 0.2) is 59.8 Å². The Balaban J connectivity index is 1.96. The molecule has 0 unspecified atom stereocenters. The number of hydrogen-bond acceptors (Lipinski definition) is 3. The Labute approximate surface area is 87.5 Å². The summed E-state index contributed by atoms with van der Waals surface area (Å²) < 4.78 is 3.22. The van der Waals surface area contributed by atoms with E-state index in [9.17, 15) is 0 Å². The fraction of sp³-hybridized carbons (Fsp3) is 0. The molecular weight excluding hydrogens is 192 g/mol. The molecule has 1 heterocycles. The second-order valence-electron chi connectivity index (χ2n) is 2.74. The van der Waals surface area contributed by atoms with E-state index in [1.54, 1.807) is 6.20 Å². The minimum Gasteiger partial charge on any atom is -0.324 e. The van der Waals surface area contributed by atoms with Crippen molar-refractivity contribution >= 4 is 17.6 Å². The molecule has 1 aromatic heterocycles. The van der Waals surface area contributed by atoms with Gasteiger partial charge in [-0.3, -0.25) is 0 Å². The summed E-state index contributed by atoms with van der Waals surface area (Å²) in [5.74, 6) is 0. The van der Waals surface area contributed by atoms with E-state index in [1.807, 2.05) is 48.5 Å². The van der Waals surface area contributed by atoms with Gasteiger partial charge in [-0.25, -0.2) is 4.98 Å². The van der Waals surface area contributed by atoms with Gasteiger partial charge in [-0.15, -0.1) is 0 Å². The van der Waals surface area contributed by atoms with Crippen molar-refractivity contribution in [1.29, 1.82) is 0 Å². The van der Waals surface area contributed by atoms with Gasteiger partial charge in [0.05, 0.1) is 0 Å². The van der Waals surface area contributed by atoms with Gasteiger partial charge < -0.3 is 4.72 Å². The number of pyridine rings is 1. The molecule has 70 valence electrons. The lowest BCUT2D eigenvalue weighted by molar-refractivity contribution is 1.14. The van der Waals surface area contributed by atoms with E-state index < -0.39 is 0 Å². The first-order chi connectivity index (χ1) is 6.95. The number of nitrogens with one attached hydrogen (secondary N) is 1. The molecule has 2 rings (SSSR count). The van der Waals surface area contributed by atoms with Gasteiger partial charge in [-0.1, -0.05) is 24.3 Å². The van der Waals surface area contributed by atoms with Crippen molar-refractivity contribution in [3.05, 3.63) is 54.7 Å². The molecule has 14 heavy (non-hydrogen) atoms. The van der Waals surface area contributed by atoms with Crippen LogP contribution in [0.1, 0.15) is 0 Å². The average Bonchev–Trinajstić information content (AvgIpc) is 2.29. The second kappa shape index (κ2) is 4.67. The van der Waals surface area contributed by atoms with Crippen LogP contribution in [0.5, 0.6) is 0 Å². The predicted octanol–water partition coefficient (Wildman–Crippen LogP) is 3.20. The third-order valence-electron chi connectivity index (χ3n) is 1.68. The lowest BCUT2D eigenvalue weighted by Crippen LogP contribution is -1.87. The standard InChI is InChI=1S/C11H10N2S/c1-2-6-10(7-3-1)13-14-11-8-4-5-9-12-11/h1-9,13H. The Morgan fingerprint density at radius 3 is 2.43 bits per heavy atom. The summed E-state index contributed by atoms with van der Waals surface area (Å²) in [6.07, 6.45) is 1.79. The highest BCUT2D eigenvalue weighted by atomic mass is 32.2. The first-order valence-electron chi connectivity index (χ1n) is 4.34. The minimum absolute atomic E-state index is 0.969. The maximum atomic E-state index is 4.19. The van der Waals surface area contributed by atoms with E-state index in [0.717, 1.165) is 10.7 Å². The van der Waals surface area contributed by atoms with E-state index in [1.165, 1.54) is 11.9 Å². The van der Waals surface area contributed by atoms with Crippen LogP contribution in [-0.4, -0.2) is 4.98 Å². The van der Waals surface area contributed by atoms with Crippen LogP contribution in [0.25, 0.3) is 0 Å². The minimum atomic E-state index is 0.969. The summed E-state index contributed by atoms with van der Waals surface area (Å²) >= 11 is 1.51. The number of benzene rings is 1. The molecule has 0 saturated carbocycles. The van der Waals surface area contributed by atoms with Crippen molar-refractivity contribution in [2.45, 2.75) is 5.03 Å². The number of para-hydroxylation sites is 1. The zero-order valence-corrected chi connectivity index (χ0v) is 8.37. The highest BCUT2D eigenvalue weighted by Crippen LogP contribution is 2.17. The van der Waals surface area contributed by atoms with Gasteiger partial charge in [-0.05, 0) is 24.3 Å². The Morgan fingerprint density at radius 1 is 0.929 bits per heavy atom. The molecule has 0 saturated heterocycles. The van der Waals surface area contributed by atoms with Crippen molar-refractivity contribution in [3.63, 3.8) is 0 Å². The quantitative estimate of drug-likeness (QED) is 0.774. The van der Waals surface area contributed by atoms with E-state index in [2.05, 4.69) is 9.71 Å². The van der Waals surface area contributed by atoms with Crippen molar-refractivity contribution in [2.75, 3.05) is 4.72 Å². The third kappa shape index (κ3) is 2.50. The lowest BCUT2D eigenvalue weighted by Gasteiger charge is -2.03. The van der Waals surface area contributed by atoms with Crippen molar-refractivity contribution in [2.24, 2.45) is 0 Å². The summed E-state index contributed by atoms with van der Waals surface area (Å²) in [5, 5.41) is 0.969. The molecule has 0 aliphatic carbocycles. The van der Waals surface area contributed by atoms with E-state index in [0.29, 0.717) is 0 Å². The van der Waals surface area contributed by atoms with Crippen molar-refractivity contribution < 1.29 is 0 Å². The third-order valence-corrected chi connectivity index (χ3v) is 2.47. The topological polar surface area (TPSA) is 24.9 Å². The van der Waals surface area contributed by atoms with Crippen LogP contribution in [-0.2, 0) is 0 Å². The number of aromatic nitrogens is 1. The fourth-order valence-electron chi connectivity index (χ4n) is 1.02. The van der Waals surface area contributed by atoms with Crippen LogP contribution >= 0.6 is 11.9 Å². The molecule has 1 aromatic carbocycles. The summed E-state index contributed by atoms with van der Waals surface area (Å²) in [5.41, 5.74) is 1.09. The number of nitrogens with zero attached hydrogens (tertiary/aromatic N) is 1. The molecule has 0 bridgehead atoms. The second-order valence-corrected chi connectivity index (χ2v) is 3.56. The average molecular weight is 202 g/mol. The molecule has 0 fully saturated rings. The monoisotopic (exact) mass is 202 g/mol. The first kappa shape index (κ1) is 9.09. The van der Waals surface area contributed by atoms with Gasteiger partial charge in [0.2, 0.25) is 0 Å². The predicted molar refractivity (Wildman–Crippen MR) is 60.2 cm³/mol. The fourth-order valence-corrected chi connectivity index (χ4v) is 1.64. The van der Waals surface area contributed by atoms with Gasteiger partial charge in [-0.2, -0.15) is 0 Å². The molecule has 0 aliphatic heterocycles. The summed E-state index contributed by atoms with van der Waals surface area (Å²) in [6, 6.07) is 15.9. The number of hydrogen-bond donors (Lipinski definition) is 1. The highest BCUT2D eigenvalue weighted by Gasteiger charge is 1.93. The van der Waals surface area contributed by atoms with Gasteiger partial charge in [0.25, 0.3) is 0 Å². The van der Waals surface area contributed by atoms with E-state index >= 15 is 0 Å². The Morgan fingerprint density at radius 2 is 1.71 bits per heavy atom. The Bertz CT molecular complexity index is 336. The smallest absolute Gasteiger partial charge is 0.116 e. The Kier molecular flexibility index (Phi) is 3.03. The maximum absolute atomic E-state index is 4.19. The summed E-state index contributed by atoms with van der Waals surface area (Å²) in [7, 11) is 0. The molecule has 0 atom stereocenters. The van der Waals surface area contributed by atoms with Crippen molar-refractivity contribution in [3.8, 4) is 0 Å². The van der Waals surface area contributed by atoms with Crippen LogP contribution in [0.3, 0.4) is 0 Å². The molecule has 0 aliphatic rings. The summed E-state index contributed by atoms with van der Waals surface area (Å²) in [6.45, 7) is 0. The molecule has 1 N–H and O–H groups in total. The van der Waals surface area contributed by atoms with Crippen LogP contribution in [0, 0.1) is 0 Å². The molecule has 0 radical (unpaired) electrons. The molecular formula is C11H10N2S. The molecule has 0 spiro atoms. The lowest BCUT2D eigenvalue weighted by atomic mass is 10.3. The van der Waals surface area contributed by atoms with Crippen LogP contribution in [0.4, 0.5) is 5.69 Å². The zero-order valence-electron chi connectivity index (χ0n) is 7.55. The van der Waals surface area contributed by atoms with E-state index in [-0.39, 0.29) is 0 Å². The molecule has 2 nitrogen and oxygen atoms in total.